The fourth-order valence-electron chi connectivity index (χ4n) is 1.86. The second-order valence-corrected chi connectivity index (χ2v) is 5.05. The molecule has 0 aliphatic rings. The molecule has 0 radical (unpaired) electrons. The van der Waals surface area contributed by atoms with Gasteiger partial charge in [0.25, 0.3) is 5.56 Å². The van der Waals surface area contributed by atoms with Gasteiger partial charge in [0.2, 0.25) is 11.7 Å². The van der Waals surface area contributed by atoms with Crippen LogP contribution in [0.1, 0.15) is 19.4 Å². The van der Waals surface area contributed by atoms with Crippen LogP contribution in [0.25, 0.3) is 0 Å². The number of aromatic nitrogens is 3. The third-order valence-corrected chi connectivity index (χ3v) is 2.79. The van der Waals surface area contributed by atoms with Crippen LogP contribution < -0.4 is 20.5 Å². The molecule has 0 saturated carbocycles. The number of hydrazone groups is 1. The average Bonchev–Trinajstić information content (AvgIpc) is 2.55. The van der Waals surface area contributed by atoms with Crippen molar-refractivity contribution in [1.82, 2.24) is 15.2 Å². The highest BCUT2D eigenvalue weighted by Crippen LogP contribution is 2.38. The Bertz CT molecular complexity index is 848. The Kier molecular flexibility index (Phi) is 5.61. The van der Waals surface area contributed by atoms with E-state index < -0.39 is 10.5 Å². The molecule has 0 spiro atoms. The standard InChI is InChI=1S/C14H16N6O5/c1-8(2)25-13-10(20(22)23)4-9(5-11(13)24-3)6-15-18-14-17-12(21)7-16-19-14/h4-8H,1-3H3,(H2,17,18,19,21)/b15-6+. The van der Waals surface area contributed by atoms with Crippen LogP contribution in [0.3, 0.4) is 0 Å². The van der Waals surface area contributed by atoms with Crippen molar-refractivity contribution in [1.29, 1.82) is 0 Å². The molecule has 25 heavy (non-hydrogen) atoms. The molecule has 2 N–H and O–H groups in total. The predicted octanol–water partition coefficient (Wildman–Crippen LogP) is 1.31. The van der Waals surface area contributed by atoms with Gasteiger partial charge in [0.15, 0.2) is 5.75 Å². The normalized spacial score (nSPS) is 10.9. The molecule has 0 aliphatic carbocycles. The molecular weight excluding hydrogens is 332 g/mol. The molecule has 1 aromatic heterocycles. The summed E-state index contributed by atoms with van der Waals surface area (Å²) < 4.78 is 10.7. The summed E-state index contributed by atoms with van der Waals surface area (Å²) in [7, 11) is 1.38. The van der Waals surface area contributed by atoms with Gasteiger partial charge in [-0.1, -0.05) is 0 Å². The maximum atomic E-state index is 11.3. The first-order chi connectivity index (χ1) is 11.9. The first kappa shape index (κ1) is 17.8. The molecule has 0 aliphatic heterocycles. The molecule has 1 heterocycles. The lowest BCUT2D eigenvalue weighted by Crippen LogP contribution is -2.10. The van der Waals surface area contributed by atoms with Gasteiger partial charge in [-0.05, 0) is 19.9 Å². The van der Waals surface area contributed by atoms with Crippen LogP contribution in [0.4, 0.5) is 11.6 Å². The highest BCUT2D eigenvalue weighted by atomic mass is 16.6. The van der Waals surface area contributed by atoms with Gasteiger partial charge in [-0.25, -0.2) is 5.43 Å². The fraction of sp³-hybridized carbons (Fsp3) is 0.286. The lowest BCUT2D eigenvalue weighted by Gasteiger charge is -2.14. The van der Waals surface area contributed by atoms with E-state index in [0.29, 0.717) is 5.56 Å². The largest absolute Gasteiger partial charge is 0.493 e. The quantitative estimate of drug-likeness (QED) is 0.433. The lowest BCUT2D eigenvalue weighted by atomic mass is 10.2. The number of anilines is 1. The van der Waals surface area contributed by atoms with Gasteiger partial charge >= 0.3 is 5.69 Å². The molecule has 11 nitrogen and oxygen atoms in total. The van der Waals surface area contributed by atoms with Crippen molar-refractivity contribution in [2.75, 3.05) is 12.5 Å². The third kappa shape index (κ3) is 4.73. The smallest absolute Gasteiger partial charge is 0.315 e. The summed E-state index contributed by atoms with van der Waals surface area (Å²) in [5.41, 5.74) is 2.16. The van der Waals surface area contributed by atoms with E-state index in [1.807, 2.05) is 0 Å². The summed E-state index contributed by atoms with van der Waals surface area (Å²) in [5, 5.41) is 22.2. The van der Waals surface area contributed by atoms with Crippen molar-refractivity contribution in [3.05, 3.63) is 44.4 Å². The van der Waals surface area contributed by atoms with Crippen molar-refractivity contribution >= 4 is 17.9 Å². The maximum absolute atomic E-state index is 11.3. The Labute approximate surface area is 141 Å². The topological polar surface area (TPSA) is 145 Å². The molecule has 132 valence electrons. The number of methoxy groups -OCH3 is 1. The SMILES string of the molecule is COc1cc(/C=N/Nc2nncc(=O)[nH]2)cc([N+](=O)[O-])c1OC(C)C. The van der Waals surface area contributed by atoms with Crippen molar-refractivity contribution in [3.63, 3.8) is 0 Å². The summed E-state index contributed by atoms with van der Waals surface area (Å²) in [6.07, 6.45) is 2.06. The number of nitrogens with zero attached hydrogens (tertiary/aromatic N) is 4. The van der Waals surface area contributed by atoms with Crippen molar-refractivity contribution in [2.45, 2.75) is 20.0 Å². The highest BCUT2D eigenvalue weighted by Gasteiger charge is 2.22. The second-order valence-electron chi connectivity index (χ2n) is 5.05. The molecule has 2 aromatic rings. The summed E-state index contributed by atoms with van der Waals surface area (Å²) >= 11 is 0. The van der Waals surface area contributed by atoms with Crippen LogP contribution in [0.15, 0.2) is 28.2 Å². The molecule has 0 amide bonds. The number of H-pyrrole nitrogens is 1. The van der Waals surface area contributed by atoms with E-state index in [4.69, 9.17) is 9.47 Å². The number of nitro benzene ring substituents is 1. The Morgan fingerprint density at radius 2 is 2.20 bits per heavy atom. The monoisotopic (exact) mass is 348 g/mol. The van der Waals surface area contributed by atoms with E-state index >= 15 is 0 Å². The Morgan fingerprint density at radius 1 is 1.44 bits per heavy atom. The van der Waals surface area contributed by atoms with Gasteiger partial charge in [0, 0.05) is 11.6 Å². The summed E-state index contributed by atoms with van der Waals surface area (Å²) in [5.74, 6) is 0.285. The number of nitrogens with one attached hydrogen (secondary N) is 2. The van der Waals surface area contributed by atoms with Crippen LogP contribution in [0.5, 0.6) is 11.5 Å². The zero-order chi connectivity index (χ0) is 18.4. The van der Waals surface area contributed by atoms with E-state index in [0.717, 1.165) is 6.20 Å². The minimum absolute atomic E-state index is 0.0324. The summed E-state index contributed by atoms with van der Waals surface area (Å²) in [4.78, 5) is 24.2. The minimum atomic E-state index is -0.564. The molecule has 0 fully saturated rings. The highest BCUT2D eigenvalue weighted by molar-refractivity contribution is 5.83. The zero-order valence-electron chi connectivity index (χ0n) is 13.7. The van der Waals surface area contributed by atoms with Crippen LogP contribution in [-0.4, -0.2) is 39.5 Å². The molecule has 0 bridgehead atoms. The second kappa shape index (κ2) is 7.86. The molecule has 0 unspecified atom stereocenters. The van der Waals surface area contributed by atoms with Crippen molar-refractivity contribution in [3.8, 4) is 11.5 Å². The maximum Gasteiger partial charge on any atom is 0.315 e. The molecule has 1 aromatic carbocycles. The van der Waals surface area contributed by atoms with E-state index in [1.54, 1.807) is 13.8 Å². The average molecular weight is 348 g/mol. The van der Waals surface area contributed by atoms with Crippen LogP contribution in [0.2, 0.25) is 0 Å². The molecule has 2 rings (SSSR count). The summed E-state index contributed by atoms with van der Waals surface area (Å²) in [6.45, 7) is 3.51. The fourth-order valence-corrected chi connectivity index (χ4v) is 1.86. The number of benzene rings is 1. The van der Waals surface area contributed by atoms with E-state index in [-0.39, 0.29) is 29.2 Å². The lowest BCUT2D eigenvalue weighted by molar-refractivity contribution is -0.386. The summed E-state index contributed by atoms with van der Waals surface area (Å²) in [6, 6.07) is 2.83. The number of ether oxygens (including phenoxy) is 2. The van der Waals surface area contributed by atoms with Crippen LogP contribution >= 0.6 is 0 Å². The van der Waals surface area contributed by atoms with E-state index in [2.05, 4.69) is 25.7 Å². The predicted molar refractivity (Wildman–Crippen MR) is 89.3 cm³/mol. The Balaban J connectivity index is 2.31. The minimum Gasteiger partial charge on any atom is -0.493 e. The number of hydrogen-bond donors (Lipinski definition) is 2. The number of aromatic amines is 1. The van der Waals surface area contributed by atoms with E-state index in [1.165, 1.54) is 25.5 Å². The Morgan fingerprint density at radius 3 is 2.80 bits per heavy atom. The third-order valence-electron chi connectivity index (χ3n) is 2.79. The van der Waals surface area contributed by atoms with Gasteiger partial charge in [-0.15, -0.1) is 10.2 Å². The number of nitro groups is 1. The van der Waals surface area contributed by atoms with Crippen molar-refractivity contribution in [2.24, 2.45) is 5.10 Å². The molecular formula is C14H16N6O5. The van der Waals surface area contributed by atoms with Gasteiger partial charge in [0.05, 0.1) is 24.4 Å². The number of rotatable bonds is 7. The zero-order valence-corrected chi connectivity index (χ0v) is 13.7. The Hall–Kier alpha value is -3.50. The van der Waals surface area contributed by atoms with Crippen molar-refractivity contribution < 1.29 is 14.4 Å². The first-order valence-electron chi connectivity index (χ1n) is 7.15. The van der Waals surface area contributed by atoms with Gasteiger partial charge in [-0.2, -0.15) is 5.10 Å². The van der Waals surface area contributed by atoms with Gasteiger partial charge in [0.1, 0.15) is 6.20 Å². The molecule has 0 saturated heterocycles. The van der Waals surface area contributed by atoms with Crippen LogP contribution in [-0.2, 0) is 0 Å². The molecule has 11 heteroatoms. The van der Waals surface area contributed by atoms with Gasteiger partial charge in [-0.3, -0.25) is 19.9 Å². The van der Waals surface area contributed by atoms with Gasteiger partial charge < -0.3 is 9.47 Å². The first-order valence-corrected chi connectivity index (χ1v) is 7.15. The van der Waals surface area contributed by atoms with Crippen LogP contribution in [0, 0.1) is 10.1 Å². The van der Waals surface area contributed by atoms with E-state index in [9.17, 15) is 14.9 Å². The number of hydrogen-bond acceptors (Lipinski definition) is 9. The molecule has 0 atom stereocenters.